The van der Waals surface area contributed by atoms with Crippen LogP contribution in [0.2, 0.25) is 0 Å². The van der Waals surface area contributed by atoms with E-state index in [9.17, 15) is 28.1 Å². The molecule has 1 aliphatic heterocycles. The van der Waals surface area contributed by atoms with Gasteiger partial charge in [-0.2, -0.15) is 0 Å². The van der Waals surface area contributed by atoms with E-state index in [-0.39, 0.29) is 30.3 Å². The van der Waals surface area contributed by atoms with E-state index in [0.717, 1.165) is 12.1 Å². The van der Waals surface area contributed by atoms with Crippen molar-refractivity contribution in [2.75, 3.05) is 38.2 Å². The highest BCUT2D eigenvalue weighted by atomic mass is 32.2. The molecule has 12 heteroatoms. The topological polar surface area (TPSA) is 148 Å². The van der Waals surface area contributed by atoms with Crippen LogP contribution in [0.25, 0.3) is 0 Å². The maximum absolute atomic E-state index is 12.5. The molecule has 11 nitrogen and oxygen atoms in total. The number of nitrogens with one attached hydrogen (secondary N) is 2. The summed E-state index contributed by atoms with van der Waals surface area (Å²) in [4.78, 5) is 35.8. The van der Waals surface area contributed by atoms with Crippen LogP contribution in [0.15, 0.2) is 53.4 Å². The maximum atomic E-state index is 12.5. The lowest BCUT2D eigenvalue weighted by Gasteiger charge is -2.26. The minimum Gasteiger partial charge on any atom is -0.378 e. The number of nitro benzene ring substituents is 1. The Morgan fingerprint density at radius 3 is 2.61 bits per heavy atom. The van der Waals surface area contributed by atoms with E-state index < -0.39 is 31.4 Å². The Morgan fingerprint density at radius 2 is 1.94 bits per heavy atom. The van der Waals surface area contributed by atoms with Crippen LogP contribution in [0.3, 0.4) is 0 Å². The van der Waals surface area contributed by atoms with Gasteiger partial charge in [0, 0.05) is 31.3 Å². The average molecular weight is 448 g/mol. The Kier molecular flexibility index (Phi) is 6.82. The number of nitro groups is 1. The number of benzene rings is 2. The molecule has 31 heavy (non-hydrogen) atoms. The van der Waals surface area contributed by atoms with Crippen LogP contribution in [0.1, 0.15) is 10.4 Å². The summed E-state index contributed by atoms with van der Waals surface area (Å²) in [5.74, 6) is -1.02. The Labute approximate surface area is 178 Å². The Bertz CT molecular complexity index is 1090. The Morgan fingerprint density at radius 1 is 1.19 bits per heavy atom. The number of hydrogen-bond donors (Lipinski definition) is 2. The number of nitrogens with zero attached hydrogens (tertiary/aromatic N) is 2. The minimum atomic E-state index is -4.32. The van der Waals surface area contributed by atoms with Crippen molar-refractivity contribution >= 4 is 33.2 Å². The fourth-order valence-electron chi connectivity index (χ4n) is 2.92. The highest BCUT2D eigenvalue weighted by Crippen LogP contribution is 2.27. The molecule has 2 amide bonds. The third kappa shape index (κ3) is 5.55. The molecule has 2 aromatic rings. The monoisotopic (exact) mass is 448 g/mol. The van der Waals surface area contributed by atoms with Crippen LogP contribution < -0.4 is 10.0 Å². The van der Waals surface area contributed by atoms with Crippen molar-refractivity contribution in [3.8, 4) is 0 Å². The van der Waals surface area contributed by atoms with Gasteiger partial charge in [0.25, 0.3) is 21.6 Å². The maximum Gasteiger partial charge on any atom is 0.293 e. The summed E-state index contributed by atoms with van der Waals surface area (Å²) in [6, 6.07) is 11.0. The van der Waals surface area contributed by atoms with Gasteiger partial charge in [-0.25, -0.2) is 13.1 Å². The zero-order chi connectivity index (χ0) is 22.4. The lowest BCUT2D eigenvalue weighted by Crippen LogP contribution is -2.43. The number of hydrogen-bond acceptors (Lipinski definition) is 8. The summed E-state index contributed by atoms with van der Waals surface area (Å²) in [6.45, 7) is 1.39. The van der Waals surface area contributed by atoms with Crippen molar-refractivity contribution in [3.05, 3.63) is 64.2 Å². The molecule has 1 fully saturated rings. The van der Waals surface area contributed by atoms with Crippen molar-refractivity contribution in [1.82, 2.24) is 9.62 Å². The molecule has 164 valence electrons. The molecule has 2 aromatic carbocycles. The summed E-state index contributed by atoms with van der Waals surface area (Å²) in [6.07, 6.45) is 0. The number of amides is 2. The van der Waals surface area contributed by atoms with Crippen LogP contribution in [0, 0.1) is 10.1 Å². The van der Waals surface area contributed by atoms with Crippen LogP contribution in [0.4, 0.5) is 11.4 Å². The predicted octanol–water partition coefficient (Wildman–Crippen LogP) is 0.984. The van der Waals surface area contributed by atoms with Gasteiger partial charge in [-0.15, -0.1) is 0 Å². The smallest absolute Gasteiger partial charge is 0.293 e. The van der Waals surface area contributed by atoms with Gasteiger partial charge in [-0.3, -0.25) is 19.7 Å². The van der Waals surface area contributed by atoms with E-state index in [2.05, 4.69) is 5.32 Å². The summed E-state index contributed by atoms with van der Waals surface area (Å²) >= 11 is 0. The fourth-order valence-corrected chi connectivity index (χ4v) is 3.91. The highest BCUT2D eigenvalue weighted by molar-refractivity contribution is 7.90. The number of carbonyl (C=O) groups is 2. The summed E-state index contributed by atoms with van der Waals surface area (Å²) in [5, 5.41) is 14.3. The first-order valence-electron chi connectivity index (χ1n) is 9.28. The summed E-state index contributed by atoms with van der Waals surface area (Å²) in [5.41, 5.74) is -0.237. The zero-order valence-corrected chi connectivity index (χ0v) is 17.1. The molecule has 0 aromatic heterocycles. The average Bonchev–Trinajstić information content (AvgIpc) is 2.75. The van der Waals surface area contributed by atoms with E-state index in [1.165, 1.54) is 18.2 Å². The number of sulfonamides is 1. The molecule has 2 N–H and O–H groups in total. The molecular weight excluding hydrogens is 428 g/mol. The van der Waals surface area contributed by atoms with Crippen molar-refractivity contribution in [2.45, 2.75) is 4.90 Å². The Hall–Kier alpha value is -3.51. The lowest BCUT2D eigenvalue weighted by atomic mass is 10.2. The molecule has 0 unspecified atom stereocenters. The molecule has 1 aliphatic rings. The highest BCUT2D eigenvalue weighted by Gasteiger charge is 2.24. The lowest BCUT2D eigenvalue weighted by molar-refractivity contribution is -0.384. The van der Waals surface area contributed by atoms with E-state index in [0.29, 0.717) is 19.7 Å². The zero-order valence-electron chi connectivity index (χ0n) is 16.3. The minimum absolute atomic E-state index is 0.00139. The van der Waals surface area contributed by atoms with Crippen molar-refractivity contribution < 1.29 is 27.7 Å². The van der Waals surface area contributed by atoms with E-state index >= 15 is 0 Å². The first kappa shape index (κ1) is 22.2. The molecule has 0 atom stereocenters. The van der Waals surface area contributed by atoms with E-state index in [1.54, 1.807) is 23.1 Å². The summed E-state index contributed by atoms with van der Waals surface area (Å²) in [7, 11) is -4.32. The van der Waals surface area contributed by atoms with Crippen LogP contribution >= 0.6 is 0 Å². The molecule has 1 saturated heterocycles. The van der Waals surface area contributed by atoms with Gasteiger partial charge in [0.05, 0.1) is 16.4 Å². The predicted molar refractivity (Wildman–Crippen MR) is 110 cm³/mol. The second-order valence-corrected chi connectivity index (χ2v) is 8.28. The molecule has 0 radical (unpaired) electrons. The van der Waals surface area contributed by atoms with Gasteiger partial charge in [0.2, 0.25) is 5.91 Å². The van der Waals surface area contributed by atoms with Crippen molar-refractivity contribution in [2.24, 2.45) is 0 Å². The van der Waals surface area contributed by atoms with Gasteiger partial charge >= 0.3 is 0 Å². The molecule has 0 spiro atoms. The molecule has 1 heterocycles. The molecular formula is C19H20N4O7S. The van der Waals surface area contributed by atoms with Gasteiger partial charge < -0.3 is 15.0 Å². The number of ether oxygens (including phenoxy) is 1. The number of rotatable bonds is 8. The molecule has 0 saturated carbocycles. The standard InChI is InChI=1S/C19H20N4O7S/c24-18-13-30-11-10-22(18)9-8-20-16-7-6-15(12-17(16)23(26)27)31(28,29)21-19(25)14-4-2-1-3-5-14/h1-7,12,20H,8-11,13H2,(H,21,25). The van der Waals surface area contributed by atoms with Gasteiger partial charge in [-0.05, 0) is 24.3 Å². The number of carbonyl (C=O) groups excluding carboxylic acids is 2. The molecule has 3 rings (SSSR count). The first-order chi connectivity index (χ1) is 14.8. The van der Waals surface area contributed by atoms with Crippen LogP contribution in [0.5, 0.6) is 0 Å². The van der Waals surface area contributed by atoms with E-state index in [1.807, 2.05) is 4.72 Å². The number of morpholine rings is 1. The molecule has 0 aliphatic carbocycles. The van der Waals surface area contributed by atoms with Crippen molar-refractivity contribution in [3.63, 3.8) is 0 Å². The SMILES string of the molecule is O=C(NS(=O)(=O)c1ccc(NCCN2CCOCC2=O)c([N+](=O)[O-])c1)c1ccccc1. The van der Waals surface area contributed by atoms with Crippen LogP contribution in [-0.2, 0) is 19.6 Å². The van der Waals surface area contributed by atoms with Crippen LogP contribution in [-0.4, -0.2) is 62.9 Å². The third-order valence-electron chi connectivity index (χ3n) is 4.52. The molecule has 0 bridgehead atoms. The largest absolute Gasteiger partial charge is 0.378 e. The third-order valence-corrected chi connectivity index (χ3v) is 5.85. The summed E-state index contributed by atoms with van der Waals surface area (Å²) < 4.78 is 32.0. The van der Waals surface area contributed by atoms with Gasteiger partial charge in [0.15, 0.2) is 0 Å². The fraction of sp³-hybridized carbons (Fsp3) is 0.263. The van der Waals surface area contributed by atoms with E-state index in [4.69, 9.17) is 4.74 Å². The number of anilines is 1. The second kappa shape index (κ2) is 9.53. The van der Waals surface area contributed by atoms with Gasteiger partial charge in [-0.1, -0.05) is 18.2 Å². The van der Waals surface area contributed by atoms with Gasteiger partial charge in [0.1, 0.15) is 12.3 Å². The first-order valence-corrected chi connectivity index (χ1v) is 10.8. The quantitative estimate of drug-likeness (QED) is 0.449. The van der Waals surface area contributed by atoms with Crippen molar-refractivity contribution in [1.29, 1.82) is 0 Å². The second-order valence-electron chi connectivity index (χ2n) is 6.60. The Balaban J connectivity index is 1.72. The normalized spacial score (nSPS) is 14.2.